The van der Waals surface area contributed by atoms with Crippen LogP contribution in [-0.2, 0) is 20.9 Å². The van der Waals surface area contributed by atoms with Gasteiger partial charge in [0.2, 0.25) is 5.91 Å². The highest BCUT2D eigenvalue weighted by Gasteiger charge is 2.19. The highest BCUT2D eigenvalue weighted by Crippen LogP contribution is 1.97. The molecule has 0 aromatic carbocycles. The molecule has 2 N–H and O–H groups in total. The smallest absolute Gasteiger partial charge is 0.329 e. The Kier molecular flexibility index (Phi) is 5.95. The van der Waals surface area contributed by atoms with Crippen LogP contribution in [0.3, 0.4) is 0 Å². The maximum Gasteiger partial charge on any atom is 0.329 e. The number of nitrogens with one attached hydrogen (secondary N) is 2. The summed E-state index contributed by atoms with van der Waals surface area (Å²) in [5.41, 5.74) is 1.82. The number of aryl methyl sites for hydroxylation is 1. The number of aromatic nitrogens is 1. The molecule has 6 heteroatoms. The highest BCUT2D eigenvalue weighted by molar-refractivity contribution is 5.83. The summed E-state index contributed by atoms with van der Waals surface area (Å²) in [6, 6.07) is 5.04. The molecule has 0 saturated heterocycles. The fraction of sp³-hybridized carbons (Fsp3) is 0.462. The monoisotopic (exact) mass is 265 g/mol. The molecule has 0 bridgehead atoms. The average molecular weight is 265 g/mol. The molecule has 1 atom stereocenters. The lowest BCUT2D eigenvalue weighted by Gasteiger charge is -2.16. The van der Waals surface area contributed by atoms with E-state index >= 15 is 0 Å². The maximum absolute atomic E-state index is 11.5. The van der Waals surface area contributed by atoms with Gasteiger partial charge in [-0.05, 0) is 19.1 Å². The van der Waals surface area contributed by atoms with Crippen molar-refractivity contribution in [3.05, 3.63) is 29.6 Å². The number of carbonyl (C=O) groups excluding carboxylic acids is 2. The first-order valence-electron chi connectivity index (χ1n) is 6.01. The van der Waals surface area contributed by atoms with Gasteiger partial charge in [0.15, 0.2) is 0 Å². The third-order valence-corrected chi connectivity index (χ3v) is 2.46. The quantitative estimate of drug-likeness (QED) is 0.716. The Morgan fingerprint density at radius 2 is 2.16 bits per heavy atom. The van der Waals surface area contributed by atoms with E-state index in [4.69, 9.17) is 0 Å². The zero-order chi connectivity index (χ0) is 14.3. The molecule has 6 nitrogen and oxygen atoms in total. The van der Waals surface area contributed by atoms with E-state index in [0.717, 1.165) is 11.4 Å². The molecule has 0 aliphatic carbocycles. The Hall–Kier alpha value is -1.95. The van der Waals surface area contributed by atoms with Gasteiger partial charge in [0.1, 0.15) is 6.04 Å². The number of hydrogen-bond donors (Lipinski definition) is 2. The Bertz CT molecular complexity index is 449. The topological polar surface area (TPSA) is 80.3 Å². The van der Waals surface area contributed by atoms with Crippen molar-refractivity contribution in [2.75, 3.05) is 13.7 Å². The van der Waals surface area contributed by atoms with Crippen LogP contribution in [-0.4, -0.2) is 36.6 Å². The van der Waals surface area contributed by atoms with Gasteiger partial charge in [-0.1, -0.05) is 6.07 Å². The summed E-state index contributed by atoms with van der Waals surface area (Å²) in [4.78, 5) is 26.8. The standard InChI is InChI=1S/C13H19N3O3/c1-9-5-4-6-11(15-9)7-14-8-12(13(18)19-3)16-10(2)17/h4-6,12,14H,7-8H2,1-3H3,(H,16,17). The SMILES string of the molecule is COC(=O)C(CNCc1cccc(C)n1)NC(C)=O. The molecular weight excluding hydrogens is 246 g/mol. The van der Waals surface area contributed by atoms with Crippen LogP contribution in [0.15, 0.2) is 18.2 Å². The van der Waals surface area contributed by atoms with Crippen LogP contribution >= 0.6 is 0 Å². The molecule has 0 radical (unpaired) electrons. The molecule has 0 spiro atoms. The summed E-state index contributed by atoms with van der Waals surface area (Å²) in [6.07, 6.45) is 0. The van der Waals surface area contributed by atoms with Gasteiger partial charge in [0, 0.05) is 25.7 Å². The fourth-order valence-corrected chi connectivity index (χ4v) is 1.62. The zero-order valence-electron chi connectivity index (χ0n) is 11.4. The Labute approximate surface area is 112 Å². The maximum atomic E-state index is 11.5. The van der Waals surface area contributed by atoms with E-state index in [9.17, 15) is 9.59 Å². The van der Waals surface area contributed by atoms with Gasteiger partial charge in [0.05, 0.1) is 12.8 Å². The second kappa shape index (κ2) is 7.48. The van der Waals surface area contributed by atoms with E-state index in [1.165, 1.54) is 14.0 Å². The number of methoxy groups -OCH3 is 1. The minimum absolute atomic E-state index is 0.272. The summed E-state index contributed by atoms with van der Waals surface area (Å²) in [7, 11) is 1.29. The molecule has 0 aliphatic rings. The highest BCUT2D eigenvalue weighted by atomic mass is 16.5. The van der Waals surface area contributed by atoms with Crippen molar-refractivity contribution in [1.29, 1.82) is 0 Å². The van der Waals surface area contributed by atoms with E-state index in [1.807, 2.05) is 25.1 Å². The second-order valence-electron chi connectivity index (χ2n) is 4.18. The number of rotatable bonds is 6. The average Bonchev–Trinajstić information content (AvgIpc) is 2.36. The van der Waals surface area contributed by atoms with Crippen LogP contribution in [0, 0.1) is 6.92 Å². The van der Waals surface area contributed by atoms with Crippen LogP contribution < -0.4 is 10.6 Å². The molecule has 1 heterocycles. The Morgan fingerprint density at radius 1 is 1.42 bits per heavy atom. The summed E-state index contributed by atoms with van der Waals surface area (Å²) >= 11 is 0. The van der Waals surface area contributed by atoms with Crippen LogP contribution in [0.1, 0.15) is 18.3 Å². The van der Waals surface area contributed by atoms with Crippen molar-refractivity contribution in [1.82, 2.24) is 15.6 Å². The first kappa shape index (κ1) is 15.1. The number of hydrogen-bond acceptors (Lipinski definition) is 5. The van der Waals surface area contributed by atoms with Gasteiger partial charge >= 0.3 is 5.97 Å². The molecule has 1 rings (SSSR count). The minimum atomic E-state index is -0.688. The van der Waals surface area contributed by atoms with E-state index in [0.29, 0.717) is 13.1 Å². The van der Waals surface area contributed by atoms with Gasteiger partial charge < -0.3 is 15.4 Å². The summed E-state index contributed by atoms with van der Waals surface area (Å²) < 4.78 is 4.63. The third kappa shape index (κ3) is 5.48. The molecule has 1 aromatic heterocycles. The van der Waals surface area contributed by atoms with Gasteiger partial charge in [-0.3, -0.25) is 9.78 Å². The Balaban J connectivity index is 2.48. The molecule has 19 heavy (non-hydrogen) atoms. The molecular formula is C13H19N3O3. The van der Waals surface area contributed by atoms with E-state index < -0.39 is 12.0 Å². The summed E-state index contributed by atoms with van der Waals surface area (Å²) in [6.45, 7) is 4.09. The van der Waals surface area contributed by atoms with E-state index in [-0.39, 0.29) is 5.91 Å². The molecule has 1 amide bonds. The van der Waals surface area contributed by atoms with Crippen molar-refractivity contribution >= 4 is 11.9 Å². The first-order valence-corrected chi connectivity index (χ1v) is 6.01. The van der Waals surface area contributed by atoms with E-state index in [1.54, 1.807) is 0 Å². The van der Waals surface area contributed by atoms with Crippen LogP contribution in [0.2, 0.25) is 0 Å². The van der Waals surface area contributed by atoms with Crippen molar-refractivity contribution in [3.8, 4) is 0 Å². The van der Waals surface area contributed by atoms with Crippen molar-refractivity contribution < 1.29 is 14.3 Å². The predicted octanol–water partition coefficient (Wildman–Crippen LogP) is 0.157. The van der Waals surface area contributed by atoms with Crippen molar-refractivity contribution in [2.45, 2.75) is 26.4 Å². The number of ether oxygens (including phenoxy) is 1. The van der Waals surface area contributed by atoms with Crippen LogP contribution in [0.4, 0.5) is 0 Å². The normalized spacial score (nSPS) is 11.7. The van der Waals surface area contributed by atoms with Crippen LogP contribution in [0.5, 0.6) is 0 Å². The van der Waals surface area contributed by atoms with Gasteiger partial charge in [-0.15, -0.1) is 0 Å². The van der Waals surface area contributed by atoms with Gasteiger partial charge in [-0.2, -0.15) is 0 Å². The number of nitrogens with zero attached hydrogens (tertiary/aromatic N) is 1. The molecule has 0 aliphatic heterocycles. The predicted molar refractivity (Wildman–Crippen MR) is 70.3 cm³/mol. The number of esters is 1. The number of pyridine rings is 1. The second-order valence-corrected chi connectivity index (χ2v) is 4.18. The van der Waals surface area contributed by atoms with Gasteiger partial charge in [-0.25, -0.2) is 4.79 Å². The lowest BCUT2D eigenvalue weighted by atomic mass is 10.2. The summed E-state index contributed by atoms with van der Waals surface area (Å²) in [5.74, 6) is -0.745. The van der Waals surface area contributed by atoms with Crippen molar-refractivity contribution in [3.63, 3.8) is 0 Å². The van der Waals surface area contributed by atoms with Crippen LogP contribution in [0.25, 0.3) is 0 Å². The molecule has 0 saturated carbocycles. The van der Waals surface area contributed by atoms with Gasteiger partial charge in [0.25, 0.3) is 0 Å². The third-order valence-electron chi connectivity index (χ3n) is 2.46. The van der Waals surface area contributed by atoms with Crippen molar-refractivity contribution in [2.24, 2.45) is 0 Å². The zero-order valence-corrected chi connectivity index (χ0v) is 11.4. The number of amides is 1. The first-order chi connectivity index (χ1) is 9.02. The molecule has 1 aromatic rings. The minimum Gasteiger partial charge on any atom is -0.467 e. The molecule has 0 fully saturated rings. The lowest BCUT2D eigenvalue weighted by molar-refractivity contribution is -0.144. The fourth-order valence-electron chi connectivity index (χ4n) is 1.62. The summed E-state index contributed by atoms with van der Waals surface area (Å²) in [5, 5.41) is 5.60. The lowest BCUT2D eigenvalue weighted by Crippen LogP contribution is -2.47. The Morgan fingerprint density at radius 3 is 2.74 bits per heavy atom. The number of carbonyl (C=O) groups is 2. The molecule has 104 valence electrons. The molecule has 1 unspecified atom stereocenters. The largest absolute Gasteiger partial charge is 0.467 e. The van der Waals surface area contributed by atoms with E-state index in [2.05, 4.69) is 20.4 Å².